The smallest absolute Gasteiger partial charge is 0.322 e. The Morgan fingerprint density at radius 1 is 1.15 bits per heavy atom. The third-order valence-corrected chi connectivity index (χ3v) is 5.52. The largest absolute Gasteiger partial charge is 0.508 e. The highest BCUT2D eigenvalue weighted by atomic mass is 16.5. The van der Waals surface area contributed by atoms with Crippen LogP contribution in [0.15, 0.2) is 53.9 Å². The molecule has 2 amide bonds. The van der Waals surface area contributed by atoms with Crippen molar-refractivity contribution in [2.24, 2.45) is 5.10 Å². The lowest BCUT2D eigenvalue weighted by molar-refractivity contribution is 0.122. The molecule has 0 unspecified atom stereocenters. The van der Waals surface area contributed by atoms with Crippen LogP contribution in [0, 0.1) is 0 Å². The molecule has 1 saturated heterocycles. The number of pyridine rings is 1. The van der Waals surface area contributed by atoms with Crippen molar-refractivity contribution in [3.8, 4) is 5.75 Å². The van der Waals surface area contributed by atoms with Gasteiger partial charge in [-0.3, -0.25) is 4.98 Å². The van der Waals surface area contributed by atoms with E-state index in [4.69, 9.17) is 9.72 Å². The van der Waals surface area contributed by atoms with Crippen LogP contribution in [0.4, 0.5) is 22.2 Å². The number of hydrazone groups is 1. The van der Waals surface area contributed by atoms with E-state index in [2.05, 4.69) is 30.7 Å². The van der Waals surface area contributed by atoms with Gasteiger partial charge in [0.2, 0.25) is 5.95 Å². The number of hydrogen-bond acceptors (Lipinski definition) is 9. The van der Waals surface area contributed by atoms with Crippen molar-refractivity contribution >= 4 is 29.7 Å². The maximum atomic E-state index is 12.9. The molecule has 0 radical (unpaired) electrons. The lowest BCUT2D eigenvalue weighted by Crippen LogP contribution is -2.37. The van der Waals surface area contributed by atoms with E-state index >= 15 is 0 Å². The number of nitrogens with one attached hydrogen (secondary N) is 2. The van der Waals surface area contributed by atoms with Crippen molar-refractivity contribution in [1.29, 1.82) is 0 Å². The first kappa shape index (κ1) is 21.6. The molecule has 3 aromatic rings. The van der Waals surface area contributed by atoms with Gasteiger partial charge in [-0.1, -0.05) is 12.1 Å². The first-order chi connectivity index (χ1) is 16.7. The monoisotopic (exact) mass is 460 g/mol. The summed E-state index contributed by atoms with van der Waals surface area (Å²) in [6, 6.07) is 10.1. The molecule has 1 fully saturated rings. The molecule has 0 atom stereocenters. The van der Waals surface area contributed by atoms with E-state index in [1.807, 2.05) is 6.07 Å². The van der Waals surface area contributed by atoms with Crippen molar-refractivity contribution in [3.63, 3.8) is 0 Å². The Hall–Kier alpha value is -4.25. The Bertz CT molecular complexity index is 1200. The van der Waals surface area contributed by atoms with E-state index in [1.54, 1.807) is 53.8 Å². The zero-order valence-electron chi connectivity index (χ0n) is 18.4. The summed E-state index contributed by atoms with van der Waals surface area (Å²) in [5.74, 6) is 1.28. The third kappa shape index (κ3) is 4.89. The van der Waals surface area contributed by atoms with Crippen LogP contribution in [0.25, 0.3) is 0 Å². The molecule has 1 aromatic carbocycles. The number of carbonyl (C=O) groups excluding carboxylic acids is 1. The summed E-state index contributed by atoms with van der Waals surface area (Å²) in [6.45, 7) is 3.40. The molecule has 2 aliphatic heterocycles. The van der Waals surface area contributed by atoms with E-state index in [1.165, 1.54) is 0 Å². The van der Waals surface area contributed by atoms with Gasteiger partial charge in [0.25, 0.3) is 0 Å². The summed E-state index contributed by atoms with van der Waals surface area (Å²) in [5.41, 5.74) is 5.95. The molecule has 11 nitrogen and oxygen atoms in total. The molecule has 2 aromatic heterocycles. The summed E-state index contributed by atoms with van der Waals surface area (Å²) in [4.78, 5) is 30.1. The molecule has 34 heavy (non-hydrogen) atoms. The number of phenols is 1. The average molecular weight is 460 g/mol. The Morgan fingerprint density at radius 3 is 2.82 bits per heavy atom. The first-order valence-electron chi connectivity index (χ1n) is 10.9. The quantitative estimate of drug-likeness (QED) is 0.391. The SMILES string of the molecule is O=C(Nc1cccnc1)N1Cc2nc(N/N=C/c3cccc(O)c3)nc(N3CCOCC3)c2C1. The van der Waals surface area contributed by atoms with Gasteiger partial charge in [-0.15, -0.1) is 0 Å². The number of nitrogens with zero attached hydrogens (tertiary/aromatic N) is 6. The molecule has 0 saturated carbocycles. The van der Waals surface area contributed by atoms with Gasteiger partial charge in [0.05, 0.1) is 50.1 Å². The first-order valence-corrected chi connectivity index (χ1v) is 10.9. The fourth-order valence-electron chi connectivity index (χ4n) is 3.88. The summed E-state index contributed by atoms with van der Waals surface area (Å²) >= 11 is 0. The molecular weight excluding hydrogens is 436 g/mol. The van der Waals surface area contributed by atoms with Crippen molar-refractivity contribution in [2.75, 3.05) is 41.9 Å². The minimum atomic E-state index is -0.227. The second-order valence-corrected chi connectivity index (χ2v) is 7.89. The number of urea groups is 1. The lowest BCUT2D eigenvalue weighted by Gasteiger charge is -2.29. The van der Waals surface area contributed by atoms with Crippen LogP contribution in [0.1, 0.15) is 16.8 Å². The number of aromatic hydroxyl groups is 1. The van der Waals surface area contributed by atoms with E-state index in [0.717, 1.165) is 22.6 Å². The van der Waals surface area contributed by atoms with Gasteiger partial charge in [0.15, 0.2) is 0 Å². The lowest BCUT2D eigenvalue weighted by atomic mass is 10.2. The minimum Gasteiger partial charge on any atom is -0.508 e. The molecular formula is C23H24N8O3. The third-order valence-electron chi connectivity index (χ3n) is 5.52. The highest BCUT2D eigenvalue weighted by Crippen LogP contribution is 2.31. The molecule has 0 aliphatic carbocycles. The normalized spacial score (nSPS) is 15.4. The Labute approximate surface area is 196 Å². The van der Waals surface area contributed by atoms with Gasteiger partial charge in [0.1, 0.15) is 11.6 Å². The van der Waals surface area contributed by atoms with Gasteiger partial charge in [0, 0.05) is 24.8 Å². The second kappa shape index (κ2) is 9.71. The van der Waals surface area contributed by atoms with Crippen LogP contribution >= 0.6 is 0 Å². The number of amides is 2. The number of phenolic OH excluding ortho intramolecular Hbond substituents is 1. The van der Waals surface area contributed by atoms with E-state index in [9.17, 15) is 9.90 Å². The average Bonchev–Trinajstić information content (AvgIpc) is 3.29. The number of morpholine rings is 1. The topological polar surface area (TPSA) is 128 Å². The van der Waals surface area contributed by atoms with Crippen LogP contribution in [0.5, 0.6) is 5.75 Å². The standard InChI is InChI=1S/C23H24N8O3/c32-18-5-1-3-16(11-18)12-25-29-22-27-20-15-31(23(33)26-17-4-2-6-24-13-17)14-19(20)21(28-22)30-7-9-34-10-8-30/h1-6,11-13,32H,7-10,14-15H2,(H,26,33)(H,27,28,29)/b25-12+. The number of aromatic nitrogens is 3. The van der Waals surface area contributed by atoms with Crippen LogP contribution in [-0.2, 0) is 17.8 Å². The highest BCUT2D eigenvalue weighted by Gasteiger charge is 2.31. The van der Waals surface area contributed by atoms with Crippen LogP contribution in [0.3, 0.4) is 0 Å². The summed E-state index contributed by atoms with van der Waals surface area (Å²) < 4.78 is 5.49. The van der Waals surface area contributed by atoms with Gasteiger partial charge in [-0.25, -0.2) is 15.2 Å². The zero-order chi connectivity index (χ0) is 23.3. The summed E-state index contributed by atoms with van der Waals surface area (Å²) in [5, 5.41) is 16.7. The number of hydrogen-bond donors (Lipinski definition) is 3. The molecule has 2 aliphatic rings. The van der Waals surface area contributed by atoms with Crippen LogP contribution in [0.2, 0.25) is 0 Å². The molecule has 0 spiro atoms. The van der Waals surface area contributed by atoms with Crippen LogP contribution in [-0.4, -0.2) is 63.5 Å². The van der Waals surface area contributed by atoms with Crippen molar-refractivity contribution in [1.82, 2.24) is 19.9 Å². The van der Waals surface area contributed by atoms with E-state index < -0.39 is 0 Å². The predicted molar refractivity (Wildman–Crippen MR) is 127 cm³/mol. The van der Waals surface area contributed by atoms with Crippen molar-refractivity contribution in [3.05, 3.63) is 65.6 Å². The van der Waals surface area contributed by atoms with E-state index in [0.29, 0.717) is 51.0 Å². The van der Waals surface area contributed by atoms with E-state index in [-0.39, 0.29) is 11.8 Å². The van der Waals surface area contributed by atoms with Crippen LogP contribution < -0.4 is 15.6 Å². The van der Waals surface area contributed by atoms with Crippen molar-refractivity contribution in [2.45, 2.75) is 13.1 Å². The summed E-state index contributed by atoms with van der Waals surface area (Å²) in [6.07, 6.45) is 4.84. The number of carbonyl (C=O) groups is 1. The fourth-order valence-corrected chi connectivity index (χ4v) is 3.88. The Morgan fingerprint density at radius 2 is 2.03 bits per heavy atom. The molecule has 0 bridgehead atoms. The Kier molecular flexibility index (Phi) is 6.17. The Balaban J connectivity index is 1.37. The predicted octanol–water partition coefficient (Wildman–Crippen LogP) is 2.41. The highest BCUT2D eigenvalue weighted by molar-refractivity contribution is 5.89. The van der Waals surface area contributed by atoms with Crippen molar-refractivity contribution < 1.29 is 14.6 Å². The fraction of sp³-hybridized carbons (Fsp3) is 0.261. The number of fused-ring (bicyclic) bond motifs is 1. The maximum absolute atomic E-state index is 12.9. The molecule has 11 heteroatoms. The minimum absolute atomic E-state index is 0.164. The van der Waals surface area contributed by atoms with Gasteiger partial charge in [-0.2, -0.15) is 10.1 Å². The maximum Gasteiger partial charge on any atom is 0.322 e. The molecule has 174 valence electrons. The number of rotatable bonds is 5. The second-order valence-electron chi connectivity index (χ2n) is 7.89. The molecule has 4 heterocycles. The number of anilines is 3. The van der Waals surface area contributed by atoms with Gasteiger partial charge < -0.3 is 25.0 Å². The number of ether oxygens (including phenoxy) is 1. The van der Waals surface area contributed by atoms with Gasteiger partial charge >= 0.3 is 6.03 Å². The van der Waals surface area contributed by atoms with Gasteiger partial charge in [-0.05, 0) is 29.8 Å². The molecule has 5 rings (SSSR count). The number of benzene rings is 1. The molecule has 3 N–H and O–H groups in total. The summed E-state index contributed by atoms with van der Waals surface area (Å²) in [7, 11) is 0. The zero-order valence-corrected chi connectivity index (χ0v) is 18.4.